The van der Waals surface area contributed by atoms with E-state index in [1.54, 1.807) is 0 Å². The van der Waals surface area contributed by atoms with Crippen molar-refractivity contribution >= 4 is 0 Å². The minimum Gasteiger partial charge on any atom is -0.467 e. The molecule has 2 rings (SSSR count). The highest BCUT2D eigenvalue weighted by molar-refractivity contribution is 5.28. The van der Waals surface area contributed by atoms with Crippen LogP contribution in [0.5, 0.6) is 0 Å². The normalized spacial score (nSPS) is 28.5. The number of furan rings is 1. The molecule has 0 aromatic carbocycles. The van der Waals surface area contributed by atoms with Crippen LogP contribution in [0.15, 0.2) is 16.7 Å². The van der Waals surface area contributed by atoms with Gasteiger partial charge in [-0.15, -0.1) is 0 Å². The van der Waals surface area contributed by atoms with E-state index in [4.69, 9.17) is 4.42 Å². The van der Waals surface area contributed by atoms with Gasteiger partial charge in [0, 0.05) is 6.54 Å². The Kier molecular flexibility index (Phi) is 2.40. The topological polar surface area (TPSA) is 25.2 Å². The average Bonchev–Trinajstić information content (AvgIpc) is 2.66. The van der Waals surface area contributed by atoms with Crippen LogP contribution < -0.4 is 5.32 Å². The smallest absolute Gasteiger partial charge is 0.127 e. The molecule has 2 nitrogen and oxygen atoms in total. The summed E-state index contributed by atoms with van der Waals surface area (Å²) in [6, 6.07) is 2.11. The summed E-state index contributed by atoms with van der Waals surface area (Å²) in [7, 11) is 0. The molecule has 78 valence electrons. The second kappa shape index (κ2) is 3.43. The standard InChI is InChI=1S/C12H19NO/c1-4-9(2)12(3)11-10(5-7-13-12)6-8-14-11/h6,8-9,13H,4-5,7H2,1-3H3. The van der Waals surface area contributed by atoms with Crippen LogP contribution in [0.4, 0.5) is 0 Å². The summed E-state index contributed by atoms with van der Waals surface area (Å²) in [4.78, 5) is 0. The third kappa shape index (κ3) is 1.29. The van der Waals surface area contributed by atoms with Gasteiger partial charge in [-0.05, 0) is 30.9 Å². The first kappa shape index (κ1) is 9.78. The van der Waals surface area contributed by atoms with E-state index in [9.17, 15) is 0 Å². The SMILES string of the molecule is CCC(C)C1(C)NCCc2ccoc21. The van der Waals surface area contributed by atoms with Gasteiger partial charge in [0.1, 0.15) is 5.76 Å². The second-order valence-electron chi connectivity index (χ2n) is 4.46. The molecule has 2 heterocycles. The van der Waals surface area contributed by atoms with Crippen molar-refractivity contribution in [1.29, 1.82) is 0 Å². The van der Waals surface area contributed by atoms with E-state index >= 15 is 0 Å². The van der Waals surface area contributed by atoms with Crippen LogP contribution >= 0.6 is 0 Å². The van der Waals surface area contributed by atoms with Crippen molar-refractivity contribution in [3.63, 3.8) is 0 Å². The summed E-state index contributed by atoms with van der Waals surface area (Å²) in [5.41, 5.74) is 1.41. The van der Waals surface area contributed by atoms with Crippen molar-refractivity contribution < 1.29 is 4.42 Å². The number of nitrogens with one attached hydrogen (secondary N) is 1. The van der Waals surface area contributed by atoms with E-state index in [2.05, 4.69) is 32.2 Å². The van der Waals surface area contributed by atoms with Gasteiger partial charge in [0.25, 0.3) is 0 Å². The van der Waals surface area contributed by atoms with Crippen molar-refractivity contribution in [2.75, 3.05) is 6.54 Å². The van der Waals surface area contributed by atoms with Gasteiger partial charge in [-0.2, -0.15) is 0 Å². The maximum absolute atomic E-state index is 5.63. The summed E-state index contributed by atoms with van der Waals surface area (Å²) >= 11 is 0. The molecule has 0 saturated carbocycles. The van der Waals surface area contributed by atoms with Crippen LogP contribution in [0.1, 0.15) is 38.5 Å². The molecule has 0 aliphatic carbocycles. The zero-order valence-corrected chi connectivity index (χ0v) is 9.26. The maximum Gasteiger partial charge on any atom is 0.127 e. The fourth-order valence-corrected chi connectivity index (χ4v) is 2.33. The molecule has 0 amide bonds. The van der Waals surface area contributed by atoms with Gasteiger partial charge in [0.05, 0.1) is 11.8 Å². The van der Waals surface area contributed by atoms with Crippen LogP contribution in [0.2, 0.25) is 0 Å². The summed E-state index contributed by atoms with van der Waals surface area (Å²) in [5, 5.41) is 3.59. The lowest BCUT2D eigenvalue weighted by Gasteiger charge is -2.38. The lowest BCUT2D eigenvalue weighted by atomic mass is 9.79. The third-order valence-corrected chi connectivity index (χ3v) is 3.70. The quantitative estimate of drug-likeness (QED) is 0.781. The molecular weight excluding hydrogens is 174 g/mol. The third-order valence-electron chi connectivity index (χ3n) is 3.70. The average molecular weight is 193 g/mol. The van der Waals surface area contributed by atoms with Crippen LogP contribution in [0.3, 0.4) is 0 Å². The van der Waals surface area contributed by atoms with Crippen molar-refractivity contribution in [1.82, 2.24) is 5.32 Å². The molecular formula is C12H19NO. The van der Waals surface area contributed by atoms with E-state index in [-0.39, 0.29) is 5.54 Å². The first-order valence-electron chi connectivity index (χ1n) is 5.50. The molecule has 0 spiro atoms. The Bertz CT molecular complexity index is 318. The highest BCUT2D eigenvalue weighted by Gasteiger charge is 2.38. The molecule has 2 heteroatoms. The van der Waals surface area contributed by atoms with Gasteiger partial charge in [-0.1, -0.05) is 20.3 Å². The number of hydrogen-bond donors (Lipinski definition) is 1. The van der Waals surface area contributed by atoms with Gasteiger partial charge >= 0.3 is 0 Å². The maximum atomic E-state index is 5.63. The van der Waals surface area contributed by atoms with E-state index in [0.29, 0.717) is 5.92 Å². The summed E-state index contributed by atoms with van der Waals surface area (Å²) in [5.74, 6) is 1.76. The Hall–Kier alpha value is -0.760. The zero-order chi connectivity index (χ0) is 10.2. The predicted octanol–water partition coefficient (Wildman–Crippen LogP) is 2.69. The zero-order valence-electron chi connectivity index (χ0n) is 9.26. The highest BCUT2D eigenvalue weighted by Crippen LogP contribution is 2.36. The lowest BCUT2D eigenvalue weighted by molar-refractivity contribution is 0.188. The largest absolute Gasteiger partial charge is 0.467 e. The van der Waals surface area contributed by atoms with Crippen molar-refractivity contribution in [3.05, 3.63) is 23.7 Å². The molecule has 2 unspecified atom stereocenters. The highest BCUT2D eigenvalue weighted by atomic mass is 16.3. The molecule has 1 aromatic rings. The van der Waals surface area contributed by atoms with Crippen LogP contribution in [-0.2, 0) is 12.0 Å². The molecule has 1 aliphatic rings. The molecule has 0 bridgehead atoms. The molecule has 0 radical (unpaired) electrons. The molecule has 0 saturated heterocycles. The molecule has 2 atom stereocenters. The Labute approximate surface area is 85.7 Å². The van der Waals surface area contributed by atoms with Crippen LogP contribution in [0.25, 0.3) is 0 Å². The monoisotopic (exact) mass is 193 g/mol. The molecule has 14 heavy (non-hydrogen) atoms. The van der Waals surface area contributed by atoms with Crippen molar-refractivity contribution in [2.45, 2.75) is 39.2 Å². The van der Waals surface area contributed by atoms with E-state index in [0.717, 1.165) is 18.7 Å². The van der Waals surface area contributed by atoms with Gasteiger partial charge in [0.15, 0.2) is 0 Å². The predicted molar refractivity (Wildman–Crippen MR) is 57.2 cm³/mol. The van der Waals surface area contributed by atoms with Crippen molar-refractivity contribution in [2.24, 2.45) is 5.92 Å². The Morgan fingerprint density at radius 2 is 2.43 bits per heavy atom. The first-order chi connectivity index (χ1) is 6.68. The fourth-order valence-electron chi connectivity index (χ4n) is 2.33. The Morgan fingerprint density at radius 1 is 1.64 bits per heavy atom. The van der Waals surface area contributed by atoms with Gasteiger partial charge in [-0.3, -0.25) is 0 Å². The van der Waals surface area contributed by atoms with E-state index in [1.807, 2.05) is 6.26 Å². The van der Waals surface area contributed by atoms with Gasteiger partial charge in [-0.25, -0.2) is 0 Å². The Balaban J connectivity index is 2.39. The van der Waals surface area contributed by atoms with E-state index < -0.39 is 0 Å². The molecule has 1 N–H and O–H groups in total. The minimum atomic E-state index is 0.0336. The molecule has 1 aliphatic heterocycles. The summed E-state index contributed by atoms with van der Waals surface area (Å²) < 4.78 is 5.63. The van der Waals surface area contributed by atoms with Gasteiger partial charge < -0.3 is 9.73 Å². The molecule has 0 fully saturated rings. The Morgan fingerprint density at radius 3 is 3.14 bits per heavy atom. The minimum absolute atomic E-state index is 0.0336. The lowest BCUT2D eigenvalue weighted by Crippen LogP contribution is -2.48. The van der Waals surface area contributed by atoms with Crippen LogP contribution in [-0.4, -0.2) is 6.54 Å². The summed E-state index contributed by atoms with van der Waals surface area (Å²) in [6.45, 7) is 7.83. The van der Waals surface area contributed by atoms with Crippen molar-refractivity contribution in [3.8, 4) is 0 Å². The van der Waals surface area contributed by atoms with Crippen LogP contribution in [0, 0.1) is 5.92 Å². The molecule has 1 aromatic heterocycles. The number of hydrogen-bond acceptors (Lipinski definition) is 2. The summed E-state index contributed by atoms with van der Waals surface area (Å²) in [6.07, 6.45) is 4.08. The fraction of sp³-hybridized carbons (Fsp3) is 0.667. The van der Waals surface area contributed by atoms with Gasteiger partial charge in [0.2, 0.25) is 0 Å². The first-order valence-corrected chi connectivity index (χ1v) is 5.50. The number of rotatable bonds is 2. The number of fused-ring (bicyclic) bond motifs is 1. The second-order valence-corrected chi connectivity index (χ2v) is 4.46. The van der Waals surface area contributed by atoms with E-state index in [1.165, 1.54) is 12.0 Å².